The maximum Gasteiger partial charge on any atom is 0.241 e. The molecule has 0 aromatic carbocycles. The van der Waals surface area contributed by atoms with Crippen LogP contribution in [0.3, 0.4) is 0 Å². The summed E-state index contributed by atoms with van der Waals surface area (Å²) in [6.45, 7) is 10.1. The highest BCUT2D eigenvalue weighted by Gasteiger charge is 2.23. The first-order chi connectivity index (χ1) is 10.7. The Hall–Kier alpha value is -1.22. The number of morpholine rings is 1. The molecule has 2 rings (SSSR count). The Balaban J connectivity index is 1.64. The van der Waals surface area contributed by atoms with Gasteiger partial charge in [-0.25, -0.2) is 0 Å². The van der Waals surface area contributed by atoms with Crippen molar-refractivity contribution in [2.24, 2.45) is 5.73 Å². The van der Waals surface area contributed by atoms with Gasteiger partial charge in [-0.2, -0.15) is 0 Å². The third kappa shape index (κ3) is 5.53. The molecule has 0 spiro atoms. The van der Waals surface area contributed by atoms with Crippen molar-refractivity contribution in [3.63, 3.8) is 0 Å². The number of nitrogens with one attached hydrogen (secondary N) is 1. The Bertz CT molecular complexity index is 354. The van der Waals surface area contributed by atoms with Crippen LogP contribution < -0.4 is 11.1 Å². The van der Waals surface area contributed by atoms with Crippen LogP contribution in [-0.2, 0) is 14.3 Å². The Morgan fingerprint density at radius 3 is 2.14 bits per heavy atom. The number of piperazine rings is 1. The summed E-state index contributed by atoms with van der Waals surface area (Å²) < 4.78 is 5.35. The van der Waals surface area contributed by atoms with Crippen LogP contribution in [0.15, 0.2) is 0 Å². The molecule has 8 heteroatoms. The first-order valence-electron chi connectivity index (χ1n) is 7.93. The minimum absolute atomic E-state index is 0.484. The standard InChI is InChI=1S/C14H27N5O3/c15-14(21)13(16-12-20)11-19-5-3-17(4-6-19)1-2-18-7-9-22-10-8-18/h12-13H,1-11H2,(H2,15,21)(H,16,20). The van der Waals surface area contributed by atoms with Crippen LogP contribution >= 0.6 is 0 Å². The zero-order chi connectivity index (χ0) is 15.8. The highest BCUT2D eigenvalue weighted by molar-refractivity contribution is 5.82. The molecule has 0 saturated carbocycles. The fourth-order valence-corrected chi connectivity index (χ4v) is 2.87. The molecule has 1 atom stereocenters. The molecule has 2 aliphatic rings. The van der Waals surface area contributed by atoms with Crippen LogP contribution in [0.1, 0.15) is 0 Å². The van der Waals surface area contributed by atoms with Crippen molar-refractivity contribution in [2.45, 2.75) is 6.04 Å². The second-order valence-corrected chi connectivity index (χ2v) is 5.84. The molecule has 1 unspecified atom stereocenters. The quantitative estimate of drug-likeness (QED) is 0.483. The molecule has 2 fully saturated rings. The number of rotatable bonds is 8. The predicted molar refractivity (Wildman–Crippen MR) is 82.3 cm³/mol. The van der Waals surface area contributed by atoms with Crippen LogP contribution in [-0.4, -0.2) is 105 Å². The number of hydrogen-bond donors (Lipinski definition) is 2. The number of nitrogens with two attached hydrogens (primary N) is 1. The van der Waals surface area contributed by atoms with Crippen LogP contribution in [0, 0.1) is 0 Å². The lowest BCUT2D eigenvalue weighted by Crippen LogP contribution is -2.54. The maximum atomic E-state index is 11.3. The van der Waals surface area contributed by atoms with Gasteiger partial charge in [0.1, 0.15) is 6.04 Å². The molecule has 8 nitrogen and oxygen atoms in total. The van der Waals surface area contributed by atoms with Gasteiger partial charge in [-0.15, -0.1) is 0 Å². The molecule has 126 valence electrons. The van der Waals surface area contributed by atoms with Gasteiger partial charge in [-0.3, -0.25) is 24.3 Å². The Morgan fingerprint density at radius 2 is 1.59 bits per heavy atom. The van der Waals surface area contributed by atoms with E-state index in [1.54, 1.807) is 0 Å². The van der Waals surface area contributed by atoms with Crippen LogP contribution in [0.4, 0.5) is 0 Å². The lowest BCUT2D eigenvalue weighted by atomic mass is 10.2. The van der Waals surface area contributed by atoms with Gasteiger partial charge in [-0.05, 0) is 0 Å². The van der Waals surface area contributed by atoms with E-state index >= 15 is 0 Å². The minimum Gasteiger partial charge on any atom is -0.379 e. The van der Waals surface area contributed by atoms with Crippen molar-refractivity contribution in [3.05, 3.63) is 0 Å². The van der Waals surface area contributed by atoms with Gasteiger partial charge in [0.25, 0.3) is 0 Å². The van der Waals surface area contributed by atoms with E-state index in [0.29, 0.717) is 13.0 Å². The molecule has 3 N–H and O–H groups in total. The van der Waals surface area contributed by atoms with Crippen molar-refractivity contribution in [1.29, 1.82) is 0 Å². The molecule has 0 aliphatic carbocycles. The van der Waals surface area contributed by atoms with E-state index in [2.05, 4.69) is 20.0 Å². The molecule has 2 amide bonds. The molecular formula is C14H27N5O3. The summed E-state index contributed by atoms with van der Waals surface area (Å²) in [6, 6.07) is -0.600. The summed E-state index contributed by atoms with van der Waals surface area (Å²) in [5.41, 5.74) is 5.28. The molecule has 0 bridgehead atoms. The van der Waals surface area contributed by atoms with Gasteiger partial charge in [0.2, 0.25) is 12.3 Å². The van der Waals surface area contributed by atoms with Gasteiger partial charge in [0, 0.05) is 58.9 Å². The zero-order valence-corrected chi connectivity index (χ0v) is 13.1. The first-order valence-corrected chi connectivity index (χ1v) is 7.93. The molecule has 2 aliphatic heterocycles. The van der Waals surface area contributed by atoms with Gasteiger partial charge < -0.3 is 15.8 Å². The highest BCUT2D eigenvalue weighted by Crippen LogP contribution is 2.04. The highest BCUT2D eigenvalue weighted by atomic mass is 16.5. The SMILES string of the molecule is NC(=O)C(CN1CCN(CCN2CCOCC2)CC1)NC=O. The third-order valence-corrected chi connectivity index (χ3v) is 4.35. The molecule has 0 aromatic heterocycles. The van der Waals surface area contributed by atoms with Crippen molar-refractivity contribution < 1.29 is 14.3 Å². The van der Waals surface area contributed by atoms with E-state index in [-0.39, 0.29) is 0 Å². The van der Waals surface area contributed by atoms with E-state index in [0.717, 1.165) is 65.6 Å². The number of carbonyl (C=O) groups is 2. The van der Waals surface area contributed by atoms with E-state index < -0.39 is 11.9 Å². The number of hydrogen-bond acceptors (Lipinski definition) is 6. The topological polar surface area (TPSA) is 91.1 Å². The molecular weight excluding hydrogens is 286 g/mol. The third-order valence-electron chi connectivity index (χ3n) is 4.35. The molecule has 2 saturated heterocycles. The summed E-state index contributed by atoms with van der Waals surface area (Å²) in [6.07, 6.45) is 0.536. The van der Waals surface area contributed by atoms with Crippen molar-refractivity contribution in [2.75, 3.05) is 72.1 Å². The molecule has 22 heavy (non-hydrogen) atoms. The predicted octanol–water partition coefficient (Wildman–Crippen LogP) is -2.46. The molecule has 2 heterocycles. The molecule has 0 aromatic rings. The fraction of sp³-hybridized carbons (Fsp3) is 0.857. The second-order valence-electron chi connectivity index (χ2n) is 5.84. The number of nitrogens with zero attached hydrogens (tertiary/aromatic N) is 3. The second kappa shape index (κ2) is 9.04. The van der Waals surface area contributed by atoms with E-state index in [1.807, 2.05) is 0 Å². The summed E-state index contributed by atoms with van der Waals surface area (Å²) in [7, 11) is 0. The van der Waals surface area contributed by atoms with E-state index in [1.165, 1.54) is 0 Å². The van der Waals surface area contributed by atoms with Crippen LogP contribution in [0.5, 0.6) is 0 Å². The van der Waals surface area contributed by atoms with Gasteiger partial charge in [-0.1, -0.05) is 0 Å². The van der Waals surface area contributed by atoms with Crippen molar-refractivity contribution in [3.8, 4) is 0 Å². The first kappa shape index (κ1) is 17.1. The minimum atomic E-state index is -0.600. The normalized spacial score (nSPS) is 23.1. The fourth-order valence-electron chi connectivity index (χ4n) is 2.87. The summed E-state index contributed by atoms with van der Waals surface area (Å²) in [5, 5.41) is 2.48. The Morgan fingerprint density at radius 1 is 1.05 bits per heavy atom. The zero-order valence-electron chi connectivity index (χ0n) is 13.1. The largest absolute Gasteiger partial charge is 0.379 e. The lowest BCUT2D eigenvalue weighted by Gasteiger charge is -2.37. The maximum absolute atomic E-state index is 11.3. The van der Waals surface area contributed by atoms with Crippen LogP contribution in [0.2, 0.25) is 0 Å². The summed E-state index contributed by atoms with van der Waals surface area (Å²) in [5.74, 6) is -0.484. The Labute approximate surface area is 131 Å². The van der Waals surface area contributed by atoms with Gasteiger partial charge in [0.15, 0.2) is 0 Å². The number of amides is 2. The number of ether oxygens (including phenoxy) is 1. The monoisotopic (exact) mass is 313 g/mol. The van der Waals surface area contributed by atoms with Crippen molar-refractivity contribution >= 4 is 12.3 Å². The lowest BCUT2D eigenvalue weighted by molar-refractivity contribution is -0.123. The van der Waals surface area contributed by atoms with E-state index in [4.69, 9.17) is 10.5 Å². The number of carbonyl (C=O) groups excluding carboxylic acids is 2. The summed E-state index contributed by atoms with van der Waals surface area (Å²) >= 11 is 0. The average Bonchev–Trinajstić information content (AvgIpc) is 2.54. The van der Waals surface area contributed by atoms with E-state index in [9.17, 15) is 9.59 Å². The van der Waals surface area contributed by atoms with Gasteiger partial charge >= 0.3 is 0 Å². The Kier molecular flexibility index (Phi) is 7.04. The van der Waals surface area contributed by atoms with Crippen molar-refractivity contribution in [1.82, 2.24) is 20.0 Å². The average molecular weight is 313 g/mol. The summed E-state index contributed by atoms with van der Waals surface area (Å²) in [4.78, 5) is 28.8. The molecule has 0 radical (unpaired) electrons. The van der Waals surface area contributed by atoms with Crippen LogP contribution in [0.25, 0.3) is 0 Å². The smallest absolute Gasteiger partial charge is 0.241 e. The number of primary amides is 1. The van der Waals surface area contributed by atoms with Gasteiger partial charge in [0.05, 0.1) is 13.2 Å².